The third kappa shape index (κ3) is 2.16. The van der Waals surface area contributed by atoms with E-state index in [0.29, 0.717) is 17.4 Å². The van der Waals surface area contributed by atoms with E-state index in [0.717, 1.165) is 16.9 Å². The molecule has 1 aromatic heterocycles. The van der Waals surface area contributed by atoms with Crippen molar-refractivity contribution in [1.29, 1.82) is 0 Å². The molecule has 1 N–H and O–H groups in total. The fourth-order valence-electron chi connectivity index (χ4n) is 2.80. The summed E-state index contributed by atoms with van der Waals surface area (Å²) in [4.78, 5) is 9.59. The number of aromatic nitrogens is 2. The number of aryl methyl sites for hydroxylation is 1. The van der Waals surface area contributed by atoms with Gasteiger partial charge in [-0.05, 0) is 37.5 Å². The minimum absolute atomic E-state index is 0.0584. The molecule has 0 amide bonds. The zero-order valence-corrected chi connectivity index (χ0v) is 12.6. The summed E-state index contributed by atoms with van der Waals surface area (Å²) in [6.45, 7) is 1.91. The molecule has 21 heavy (non-hydrogen) atoms. The molecule has 0 radical (unpaired) electrons. The number of hydrogen-bond acceptors (Lipinski definition) is 3. The van der Waals surface area contributed by atoms with Crippen LogP contribution in [0.15, 0.2) is 30.6 Å². The lowest BCUT2D eigenvalue weighted by molar-refractivity contribution is 0.628. The van der Waals surface area contributed by atoms with E-state index in [4.69, 9.17) is 0 Å². The molecule has 1 unspecified atom stereocenters. The number of benzene rings is 1. The van der Waals surface area contributed by atoms with E-state index in [9.17, 15) is 4.39 Å². The summed E-state index contributed by atoms with van der Waals surface area (Å²) in [5.74, 6) is 0.321. The summed E-state index contributed by atoms with van der Waals surface area (Å²) < 4.78 is 14.5. The molecule has 1 aliphatic carbocycles. The van der Waals surface area contributed by atoms with Gasteiger partial charge in [-0.1, -0.05) is 6.08 Å². The van der Waals surface area contributed by atoms with Crippen molar-refractivity contribution in [2.24, 2.45) is 0 Å². The lowest BCUT2D eigenvalue weighted by atomic mass is 10.0. The maximum absolute atomic E-state index is 14.5. The van der Waals surface area contributed by atoms with Crippen molar-refractivity contribution in [3.05, 3.63) is 47.7 Å². The Balaban J connectivity index is 1.86. The fourth-order valence-corrected chi connectivity index (χ4v) is 3.08. The van der Waals surface area contributed by atoms with Crippen LogP contribution >= 0.6 is 12.6 Å². The molecule has 1 fully saturated rings. The topological polar surface area (TPSA) is 31.9 Å². The number of H-pyrrole nitrogens is 1. The number of imidazole rings is 1. The summed E-state index contributed by atoms with van der Waals surface area (Å²) in [5, 5.41) is -0.0584. The average Bonchev–Trinajstić information content (AvgIpc) is 3.21. The number of fused-ring (bicyclic) bond motifs is 1. The van der Waals surface area contributed by atoms with Gasteiger partial charge in [-0.15, -0.1) is 0 Å². The summed E-state index contributed by atoms with van der Waals surface area (Å²) in [6.07, 6.45) is 8.18. The van der Waals surface area contributed by atoms with Crippen LogP contribution in [0.1, 0.15) is 29.3 Å². The van der Waals surface area contributed by atoms with Gasteiger partial charge in [0.25, 0.3) is 0 Å². The van der Waals surface area contributed by atoms with Crippen molar-refractivity contribution in [1.82, 2.24) is 9.97 Å². The molecule has 2 heterocycles. The molecule has 0 bridgehead atoms. The minimum Gasteiger partial charge on any atom is -0.345 e. The Kier molecular flexibility index (Phi) is 2.85. The Morgan fingerprint density at radius 2 is 2.19 bits per heavy atom. The first-order chi connectivity index (χ1) is 10.1. The van der Waals surface area contributed by atoms with Crippen LogP contribution in [-0.4, -0.2) is 16.0 Å². The first-order valence-corrected chi connectivity index (χ1v) is 7.65. The second-order valence-electron chi connectivity index (χ2n) is 5.73. The van der Waals surface area contributed by atoms with Crippen molar-refractivity contribution < 1.29 is 4.39 Å². The maximum atomic E-state index is 14.5. The van der Waals surface area contributed by atoms with Crippen LogP contribution < -0.4 is 4.90 Å². The van der Waals surface area contributed by atoms with Gasteiger partial charge in [-0.2, -0.15) is 12.6 Å². The molecule has 4 rings (SSSR count). The zero-order chi connectivity index (χ0) is 14.6. The number of anilines is 1. The molecule has 2 aliphatic rings. The second kappa shape index (κ2) is 4.63. The van der Waals surface area contributed by atoms with Crippen LogP contribution in [0.3, 0.4) is 0 Å². The molecule has 5 heteroatoms. The van der Waals surface area contributed by atoms with Crippen molar-refractivity contribution in [3.8, 4) is 11.4 Å². The van der Waals surface area contributed by atoms with Gasteiger partial charge >= 0.3 is 0 Å². The molecule has 0 saturated heterocycles. The lowest BCUT2D eigenvalue weighted by Gasteiger charge is -2.29. The third-order valence-corrected chi connectivity index (χ3v) is 4.49. The Morgan fingerprint density at radius 1 is 1.38 bits per heavy atom. The van der Waals surface area contributed by atoms with Crippen molar-refractivity contribution in [2.45, 2.75) is 31.1 Å². The lowest BCUT2D eigenvalue weighted by Crippen LogP contribution is -2.23. The highest BCUT2D eigenvalue weighted by molar-refractivity contribution is 7.80. The largest absolute Gasteiger partial charge is 0.345 e. The van der Waals surface area contributed by atoms with Crippen molar-refractivity contribution in [3.63, 3.8) is 0 Å². The third-order valence-electron chi connectivity index (χ3n) is 4.04. The van der Waals surface area contributed by atoms with Crippen molar-refractivity contribution >= 4 is 18.3 Å². The van der Waals surface area contributed by atoms with Crippen LogP contribution in [-0.2, 0) is 0 Å². The number of hydrogen-bond donors (Lipinski definition) is 2. The van der Waals surface area contributed by atoms with Crippen LogP contribution in [0.5, 0.6) is 0 Å². The summed E-state index contributed by atoms with van der Waals surface area (Å²) in [6, 6.07) is 4.03. The predicted octanol–water partition coefficient (Wildman–Crippen LogP) is 3.99. The van der Waals surface area contributed by atoms with E-state index in [1.807, 2.05) is 19.1 Å². The molecule has 0 spiro atoms. The molecule has 1 aromatic carbocycles. The Hall–Kier alpha value is -1.75. The fraction of sp³-hybridized carbons (Fsp3) is 0.312. The standard InChI is InChI=1S/C16H16FN3S/c1-9-8-18-16(19-9)11-7-14-12(6-13(11)17)15(21)4-5-20(14)10-2-3-10/h4-8,10,15,21H,2-3H2,1H3,(H,18,19). The molecule has 1 aliphatic heterocycles. The van der Waals surface area contributed by atoms with E-state index >= 15 is 0 Å². The zero-order valence-electron chi connectivity index (χ0n) is 11.7. The minimum atomic E-state index is -0.256. The first kappa shape index (κ1) is 13.0. The monoisotopic (exact) mass is 301 g/mol. The Bertz CT molecular complexity index is 733. The highest BCUT2D eigenvalue weighted by Crippen LogP contribution is 2.43. The molecule has 108 valence electrons. The van der Waals surface area contributed by atoms with Crippen LogP contribution in [0, 0.1) is 12.7 Å². The number of aromatic amines is 1. The van der Waals surface area contributed by atoms with Gasteiger partial charge in [-0.3, -0.25) is 0 Å². The molecule has 2 aromatic rings. The van der Waals surface area contributed by atoms with Gasteiger partial charge in [0.15, 0.2) is 0 Å². The maximum Gasteiger partial charge on any atom is 0.140 e. The smallest absolute Gasteiger partial charge is 0.140 e. The molecule has 1 atom stereocenters. The van der Waals surface area contributed by atoms with Gasteiger partial charge in [0.2, 0.25) is 0 Å². The van der Waals surface area contributed by atoms with E-state index in [1.54, 1.807) is 12.3 Å². The molecule has 1 saturated carbocycles. The molecular formula is C16H16FN3S. The average molecular weight is 301 g/mol. The van der Waals surface area contributed by atoms with E-state index < -0.39 is 0 Å². The van der Waals surface area contributed by atoms with Crippen molar-refractivity contribution in [2.75, 3.05) is 4.90 Å². The molecular weight excluding hydrogens is 285 g/mol. The quantitative estimate of drug-likeness (QED) is 0.822. The molecule has 3 nitrogen and oxygen atoms in total. The highest BCUT2D eigenvalue weighted by Gasteiger charge is 2.32. The summed E-state index contributed by atoms with van der Waals surface area (Å²) >= 11 is 4.54. The van der Waals surface area contributed by atoms with E-state index in [-0.39, 0.29) is 11.1 Å². The summed E-state index contributed by atoms with van der Waals surface area (Å²) in [7, 11) is 0. The van der Waals surface area contributed by atoms with Crippen LogP contribution in [0.4, 0.5) is 10.1 Å². The highest BCUT2D eigenvalue weighted by atomic mass is 32.1. The SMILES string of the molecule is Cc1cnc(-c2cc3c(cc2F)C(S)C=CN3C2CC2)[nH]1. The number of halogens is 1. The van der Waals surface area contributed by atoms with Gasteiger partial charge in [0, 0.05) is 35.1 Å². The van der Waals surface area contributed by atoms with Crippen LogP contribution in [0.2, 0.25) is 0 Å². The van der Waals surface area contributed by atoms with Gasteiger partial charge in [0.1, 0.15) is 11.6 Å². The van der Waals surface area contributed by atoms with Gasteiger partial charge in [-0.25, -0.2) is 9.37 Å². The number of thiol groups is 1. The van der Waals surface area contributed by atoms with E-state index in [2.05, 4.69) is 33.7 Å². The Labute approximate surface area is 128 Å². The van der Waals surface area contributed by atoms with Gasteiger partial charge in [0.05, 0.1) is 5.56 Å². The van der Waals surface area contributed by atoms with E-state index in [1.165, 1.54) is 12.8 Å². The predicted molar refractivity (Wildman–Crippen MR) is 85.1 cm³/mol. The first-order valence-electron chi connectivity index (χ1n) is 7.13. The number of rotatable bonds is 2. The number of nitrogens with one attached hydrogen (secondary N) is 1. The Morgan fingerprint density at radius 3 is 2.86 bits per heavy atom. The summed E-state index contributed by atoms with van der Waals surface area (Å²) in [5.41, 5.74) is 3.42. The normalized spacial score (nSPS) is 20.7. The number of nitrogens with zero attached hydrogens (tertiary/aromatic N) is 2. The second-order valence-corrected chi connectivity index (χ2v) is 6.29. The van der Waals surface area contributed by atoms with Crippen LogP contribution in [0.25, 0.3) is 11.4 Å². The van der Waals surface area contributed by atoms with Gasteiger partial charge < -0.3 is 9.88 Å².